The minimum absolute atomic E-state index is 0.368. The second-order valence-corrected chi connectivity index (χ2v) is 5.24. The number of halogens is 1. The largest absolute Gasteiger partial charge is 0.438 e. The maximum Gasteiger partial charge on any atom is 0.238 e. The Hall–Kier alpha value is -1.74. The lowest BCUT2D eigenvalue weighted by atomic mass is 9.98. The molecule has 0 fully saturated rings. The summed E-state index contributed by atoms with van der Waals surface area (Å²) in [5.74, 6) is 1.58. The van der Waals surface area contributed by atoms with Crippen LogP contribution in [0.4, 0.5) is 5.69 Å². The van der Waals surface area contributed by atoms with Gasteiger partial charge in [-0.1, -0.05) is 31.5 Å². The van der Waals surface area contributed by atoms with Crippen molar-refractivity contribution in [2.45, 2.75) is 26.7 Å². The first kappa shape index (κ1) is 13.7. The van der Waals surface area contributed by atoms with E-state index >= 15 is 0 Å². The SMILES string of the molecule is Cc1cc(Oc2ncc(N)cc2Cl)ccc1C(C)C. The zero-order valence-corrected chi connectivity index (χ0v) is 12.0. The highest BCUT2D eigenvalue weighted by atomic mass is 35.5. The summed E-state index contributed by atoms with van der Waals surface area (Å²) in [6.07, 6.45) is 1.52. The van der Waals surface area contributed by atoms with E-state index in [9.17, 15) is 0 Å². The van der Waals surface area contributed by atoms with Crippen LogP contribution in [0.1, 0.15) is 30.9 Å². The van der Waals surface area contributed by atoms with Crippen molar-refractivity contribution in [3.05, 3.63) is 46.6 Å². The number of nitrogen functional groups attached to an aromatic ring is 1. The molecule has 0 unspecified atom stereocenters. The lowest BCUT2D eigenvalue weighted by Crippen LogP contribution is -1.95. The summed E-state index contributed by atoms with van der Waals surface area (Å²) in [5, 5.41) is 0.408. The minimum atomic E-state index is 0.368. The molecule has 1 heterocycles. The van der Waals surface area contributed by atoms with Crippen molar-refractivity contribution >= 4 is 17.3 Å². The first-order valence-corrected chi connectivity index (χ1v) is 6.54. The fourth-order valence-electron chi connectivity index (χ4n) is 1.99. The molecule has 0 saturated carbocycles. The average Bonchev–Trinajstić information content (AvgIpc) is 2.32. The van der Waals surface area contributed by atoms with Crippen molar-refractivity contribution in [1.29, 1.82) is 0 Å². The Labute approximate surface area is 118 Å². The Morgan fingerprint density at radius 1 is 1.26 bits per heavy atom. The monoisotopic (exact) mass is 276 g/mol. The molecule has 0 spiro atoms. The summed E-state index contributed by atoms with van der Waals surface area (Å²) in [4.78, 5) is 4.08. The first-order chi connectivity index (χ1) is 8.97. The number of hydrogen-bond acceptors (Lipinski definition) is 3. The molecule has 0 aliphatic carbocycles. The molecule has 0 atom stereocenters. The van der Waals surface area contributed by atoms with Crippen molar-refractivity contribution in [3.8, 4) is 11.6 Å². The van der Waals surface area contributed by atoms with Gasteiger partial charge >= 0.3 is 0 Å². The number of benzene rings is 1. The van der Waals surface area contributed by atoms with E-state index in [-0.39, 0.29) is 0 Å². The van der Waals surface area contributed by atoms with Crippen molar-refractivity contribution < 1.29 is 4.74 Å². The predicted octanol–water partition coefficient (Wildman–Crippen LogP) is 4.54. The van der Waals surface area contributed by atoms with Crippen molar-refractivity contribution in [3.63, 3.8) is 0 Å². The predicted molar refractivity (Wildman–Crippen MR) is 79.0 cm³/mol. The van der Waals surface area contributed by atoms with Gasteiger partial charge in [0.05, 0.1) is 11.9 Å². The van der Waals surface area contributed by atoms with Gasteiger partial charge in [0.2, 0.25) is 5.88 Å². The van der Waals surface area contributed by atoms with Crippen molar-refractivity contribution in [2.24, 2.45) is 0 Å². The normalized spacial score (nSPS) is 10.8. The van der Waals surface area contributed by atoms with E-state index in [0.29, 0.717) is 22.5 Å². The maximum absolute atomic E-state index is 6.03. The number of anilines is 1. The van der Waals surface area contributed by atoms with Crippen LogP contribution in [0, 0.1) is 6.92 Å². The topological polar surface area (TPSA) is 48.1 Å². The number of aryl methyl sites for hydroxylation is 1. The Balaban J connectivity index is 2.26. The molecule has 0 radical (unpaired) electrons. The number of nitrogens with zero attached hydrogens (tertiary/aromatic N) is 1. The van der Waals surface area contributed by atoms with Crippen LogP contribution in [0.2, 0.25) is 5.02 Å². The number of pyridine rings is 1. The van der Waals surface area contributed by atoms with E-state index < -0.39 is 0 Å². The fraction of sp³-hybridized carbons (Fsp3) is 0.267. The third-order valence-corrected chi connectivity index (χ3v) is 3.18. The third kappa shape index (κ3) is 3.18. The molecule has 0 saturated heterocycles. The second kappa shape index (κ2) is 5.49. The zero-order chi connectivity index (χ0) is 14.0. The van der Waals surface area contributed by atoms with Gasteiger partial charge in [-0.2, -0.15) is 0 Å². The molecule has 1 aromatic heterocycles. The Morgan fingerprint density at radius 3 is 2.58 bits per heavy atom. The van der Waals surface area contributed by atoms with Gasteiger partial charge in [0, 0.05) is 0 Å². The highest BCUT2D eigenvalue weighted by molar-refractivity contribution is 6.32. The molecule has 100 valence electrons. The van der Waals surface area contributed by atoms with Gasteiger partial charge in [0.1, 0.15) is 10.8 Å². The van der Waals surface area contributed by atoms with Gasteiger partial charge in [-0.15, -0.1) is 0 Å². The van der Waals surface area contributed by atoms with E-state index in [4.69, 9.17) is 22.1 Å². The summed E-state index contributed by atoms with van der Waals surface area (Å²) < 4.78 is 5.68. The smallest absolute Gasteiger partial charge is 0.238 e. The van der Waals surface area contributed by atoms with Crippen molar-refractivity contribution in [1.82, 2.24) is 4.98 Å². The summed E-state index contributed by atoms with van der Waals surface area (Å²) in [6, 6.07) is 7.61. The molecule has 2 rings (SSSR count). The van der Waals surface area contributed by atoms with Crippen LogP contribution < -0.4 is 10.5 Å². The van der Waals surface area contributed by atoms with Crippen LogP contribution in [0.5, 0.6) is 11.6 Å². The number of rotatable bonds is 3. The molecule has 2 N–H and O–H groups in total. The molecule has 1 aromatic carbocycles. The molecule has 0 amide bonds. The van der Waals surface area contributed by atoms with Crippen LogP contribution in [-0.2, 0) is 0 Å². The molecule has 2 aromatic rings. The number of aromatic nitrogens is 1. The fourth-order valence-corrected chi connectivity index (χ4v) is 2.20. The number of ether oxygens (including phenoxy) is 1. The second-order valence-electron chi connectivity index (χ2n) is 4.83. The standard InChI is InChI=1S/C15H17ClN2O/c1-9(2)13-5-4-12(6-10(13)3)19-15-14(16)7-11(17)8-18-15/h4-9H,17H2,1-3H3. The highest BCUT2D eigenvalue weighted by Gasteiger charge is 2.08. The quantitative estimate of drug-likeness (QED) is 0.895. The Morgan fingerprint density at radius 2 is 2.00 bits per heavy atom. The van der Waals surface area contributed by atoms with Crippen LogP contribution in [0.15, 0.2) is 30.5 Å². The van der Waals surface area contributed by atoms with Gasteiger partial charge in [-0.3, -0.25) is 0 Å². The highest BCUT2D eigenvalue weighted by Crippen LogP contribution is 2.30. The van der Waals surface area contributed by atoms with Gasteiger partial charge in [-0.25, -0.2) is 4.98 Å². The van der Waals surface area contributed by atoms with Crippen LogP contribution >= 0.6 is 11.6 Å². The zero-order valence-electron chi connectivity index (χ0n) is 11.3. The van der Waals surface area contributed by atoms with E-state index in [1.54, 1.807) is 6.07 Å². The van der Waals surface area contributed by atoms with Crippen LogP contribution in [-0.4, -0.2) is 4.98 Å². The molecule has 19 heavy (non-hydrogen) atoms. The molecule has 4 heteroatoms. The minimum Gasteiger partial charge on any atom is -0.438 e. The molecular formula is C15H17ClN2O. The maximum atomic E-state index is 6.03. The summed E-state index contributed by atoms with van der Waals surface area (Å²) in [7, 11) is 0. The lowest BCUT2D eigenvalue weighted by molar-refractivity contribution is 0.462. The molecular weight excluding hydrogens is 260 g/mol. The van der Waals surface area contributed by atoms with E-state index in [1.165, 1.54) is 17.3 Å². The summed E-state index contributed by atoms with van der Waals surface area (Å²) in [5.41, 5.74) is 8.62. The van der Waals surface area contributed by atoms with Crippen LogP contribution in [0.3, 0.4) is 0 Å². The molecule has 0 aliphatic heterocycles. The molecule has 0 bridgehead atoms. The molecule has 3 nitrogen and oxygen atoms in total. The summed E-state index contributed by atoms with van der Waals surface area (Å²) >= 11 is 6.03. The van der Waals surface area contributed by atoms with Gasteiger partial charge in [0.25, 0.3) is 0 Å². The van der Waals surface area contributed by atoms with E-state index in [2.05, 4.69) is 31.8 Å². The first-order valence-electron chi connectivity index (χ1n) is 6.17. The number of hydrogen-bond donors (Lipinski definition) is 1. The van der Waals surface area contributed by atoms with Crippen LogP contribution in [0.25, 0.3) is 0 Å². The summed E-state index contributed by atoms with van der Waals surface area (Å²) in [6.45, 7) is 6.41. The van der Waals surface area contributed by atoms with Gasteiger partial charge in [0.15, 0.2) is 0 Å². The van der Waals surface area contributed by atoms with Gasteiger partial charge < -0.3 is 10.5 Å². The average molecular weight is 277 g/mol. The third-order valence-electron chi connectivity index (χ3n) is 2.91. The molecule has 0 aliphatic rings. The van der Waals surface area contributed by atoms with Gasteiger partial charge in [-0.05, 0) is 42.2 Å². The Bertz CT molecular complexity index is 597. The number of nitrogens with two attached hydrogens (primary N) is 1. The van der Waals surface area contributed by atoms with E-state index in [0.717, 1.165) is 5.75 Å². The van der Waals surface area contributed by atoms with E-state index in [1.807, 2.05) is 12.1 Å². The van der Waals surface area contributed by atoms with Crippen molar-refractivity contribution in [2.75, 3.05) is 5.73 Å². The Kier molecular flexibility index (Phi) is 3.96. The lowest BCUT2D eigenvalue weighted by Gasteiger charge is -2.12.